The smallest absolute Gasteiger partial charge is 0.278 e. The number of rotatable bonds is 7. The second-order valence-corrected chi connectivity index (χ2v) is 8.38. The highest BCUT2D eigenvalue weighted by atomic mass is 16.5. The Morgan fingerprint density at radius 1 is 1.03 bits per heavy atom. The van der Waals surface area contributed by atoms with Crippen molar-refractivity contribution in [3.63, 3.8) is 0 Å². The van der Waals surface area contributed by atoms with E-state index in [1.165, 1.54) is 4.90 Å². The summed E-state index contributed by atoms with van der Waals surface area (Å²) in [6, 6.07) is 14.9. The highest BCUT2D eigenvalue weighted by molar-refractivity contribution is 6.35. The number of para-hydroxylation sites is 1. The standard InChI is InChI=1S/C26H30N2O4/c1-4-32-21-13-11-19(12-14-21)23-24(27-15-7-8-18(2)16-27)26(30)28(25(23)29)17-20-9-5-6-10-22(20)31-3/h5-6,9-14,18H,4,7-8,15-17H2,1-3H3. The Kier molecular flexibility index (Phi) is 6.49. The van der Waals surface area contributed by atoms with Gasteiger partial charge in [-0.2, -0.15) is 0 Å². The van der Waals surface area contributed by atoms with Crippen LogP contribution in [-0.4, -0.2) is 48.4 Å². The third-order valence-corrected chi connectivity index (χ3v) is 6.09. The number of piperidine rings is 1. The van der Waals surface area contributed by atoms with E-state index in [0.29, 0.717) is 29.5 Å². The van der Waals surface area contributed by atoms with Gasteiger partial charge in [0.1, 0.15) is 17.2 Å². The first-order valence-electron chi connectivity index (χ1n) is 11.2. The molecule has 0 N–H and O–H groups in total. The maximum atomic E-state index is 13.6. The number of benzene rings is 2. The second-order valence-electron chi connectivity index (χ2n) is 8.38. The number of hydrogen-bond donors (Lipinski definition) is 0. The Morgan fingerprint density at radius 2 is 1.78 bits per heavy atom. The van der Waals surface area contributed by atoms with Crippen LogP contribution >= 0.6 is 0 Å². The Morgan fingerprint density at radius 3 is 2.47 bits per heavy atom. The van der Waals surface area contributed by atoms with E-state index < -0.39 is 0 Å². The van der Waals surface area contributed by atoms with Crippen molar-refractivity contribution in [2.75, 3.05) is 26.8 Å². The van der Waals surface area contributed by atoms with Gasteiger partial charge in [-0.05, 0) is 49.4 Å². The molecule has 1 unspecified atom stereocenters. The van der Waals surface area contributed by atoms with Crippen LogP contribution in [0.3, 0.4) is 0 Å². The summed E-state index contributed by atoms with van der Waals surface area (Å²) in [5, 5.41) is 0. The Labute approximate surface area is 189 Å². The fraction of sp³-hybridized carbons (Fsp3) is 0.385. The summed E-state index contributed by atoms with van der Waals surface area (Å²) in [5.74, 6) is 1.38. The molecule has 4 rings (SSSR count). The van der Waals surface area contributed by atoms with Crippen LogP contribution in [0.4, 0.5) is 0 Å². The van der Waals surface area contributed by atoms with Gasteiger partial charge < -0.3 is 14.4 Å². The van der Waals surface area contributed by atoms with Crippen LogP contribution in [0.2, 0.25) is 0 Å². The van der Waals surface area contributed by atoms with Gasteiger partial charge in [-0.15, -0.1) is 0 Å². The molecule has 6 heteroatoms. The Balaban J connectivity index is 1.72. The molecule has 0 saturated carbocycles. The number of nitrogens with zero attached hydrogens (tertiary/aromatic N) is 2. The quantitative estimate of drug-likeness (QED) is 0.614. The maximum Gasteiger partial charge on any atom is 0.278 e. The molecule has 2 aromatic carbocycles. The number of carbonyl (C=O) groups is 2. The van der Waals surface area contributed by atoms with Crippen LogP contribution in [0, 0.1) is 5.92 Å². The minimum atomic E-state index is -0.265. The highest BCUT2D eigenvalue weighted by Gasteiger charge is 2.42. The Hall–Kier alpha value is -3.28. The van der Waals surface area contributed by atoms with Crippen molar-refractivity contribution >= 4 is 17.4 Å². The minimum Gasteiger partial charge on any atom is -0.496 e. The van der Waals surface area contributed by atoms with Gasteiger partial charge in [-0.1, -0.05) is 37.3 Å². The molecule has 2 heterocycles. The molecule has 6 nitrogen and oxygen atoms in total. The molecule has 0 aromatic heterocycles. The van der Waals surface area contributed by atoms with Gasteiger partial charge in [0.25, 0.3) is 11.8 Å². The highest BCUT2D eigenvalue weighted by Crippen LogP contribution is 2.36. The summed E-state index contributed by atoms with van der Waals surface area (Å²) < 4.78 is 11.0. The summed E-state index contributed by atoms with van der Waals surface area (Å²) in [5.41, 5.74) is 2.53. The lowest BCUT2D eigenvalue weighted by Crippen LogP contribution is -2.39. The van der Waals surface area contributed by atoms with E-state index in [4.69, 9.17) is 9.47 Å². The number of imide groups is 1. The predicted molar refractivity (Wildman–Crippen MR) is 123 cm³/mol. The van der Waals surface area contributed by atoms with E-state index in [9.17, 15) is 9.59 Å². The van der Waals surface area contributed by atoms with Gasteiger partial charge in [-0.25, -0.2) is 0 Å². The fourth-order valence-electron chi connectivity index (χ4n) is 4.54. The molecule has 1 fully saturated rings. The van der Waals surface area contributed by atoms with Crippen LogP contribution in [0.15, 0.2) is 54.2 Å². The fourth-order valence-corrected chi connectivity index (χ4v) is 4.54. The largest absolute Gasteiger partial charge is 0.496 e. The van der Waals surface area contributed by atoms with Crippen LogP contribution in [0.5, 0.6) is 11.5 Å². The van der Waals surface area contributed by atoms with Gasteiger partial charge in [0.05, 0.1) is 25.8 Å². The molecule has 2 aliphatic rings. The summed E-state index contributed by atoms with van der Waals surface area (Å²) in [6.07, 6.45) is 2.14. The molecule has 0 radical (unpaired) electrons. The zero-order chi connectivity index (χ0) is 22.7. The number of carbonyl (C=O) groups excluding carboxylic acids is 2. The molecule has 0 bridgehead atoms. The van der Waals surface area contributed by atoms with Gasteiger partial charge in [0.2, 0.25) is 0 Å². The van der Waals surface area contributed by atoms with E-state index in [-0.39, 0.29) is 18.4 Å². The molecule has 168 valence electrons. The van der Waals surface area contributed by atoms with Crippen molar-refractivity contribution in [3.8, 4) is 11.5 Å². The lowest BCUT2D eigenvalue weighted by molar-refractivity contribution is -0.138. The third-order valence-electron chi connectivity index (χ3n) is 6.09. The number of likely N-dealkylation sites (tertiary alicyclic amines) is 1. The summed E-state index contributed by atoms with van der Waals surface area (Å²) in [4.78, 5) is 30.7. The lowest BCUT2D eigenvalue weighted by atomic mass is 9.97. The average Bonchev–Trinajstić information content (AvgIpc) is 3.05. The topological polar surface area (TPSA) is 59.1 Å². The van der Waals surface area contributed by atoms with Crippen molar-refractivity contribution in [2.24, 2.45) is 5.92 Å². The SMILES string of the molecule is CCOc1ccc(C2=C(N3CCCC(C)C3)C(=O)N(Cc3ccccc3OC)C2=O)cc1. The summed E-state index contributed by atoms with van der Waals surface area (Å²) >= 11 is 0. The van der Waals surface area contributed by atoms with Crippen molar-refractivity contribution in [3.05, 3.63) is 65.4 Å². The number of hydrogen-bond acceptors (Lipinski definition) is 5. The molecule has 1 atom stereocenters. The van der Waals surface area contributed by atoms with Crippen molar-refractivity contribution in [2.45, 2.75) is 33.2 Å². The first-order chi connectivity index (χ1) is 15.5. The number of methoxy groups -OCH3 is 1. The van der Waals surface area contributed by atoms with Crippen LogP contribution in [-0.2, 0) is 16.1 Å². The summed E-state index contributed by atoms with van der Waals surface area (Å²) in [6.45, 7) is 6.43. The van der Waals surface area contributed by atoms with Crippen molar-refractivity contribution in [1.29, 1.82) is 0 Å². The zero-order valence-electron chi connectivity index (χ0n) is 19.0. The predicted octanol–water partition coefficient (Wildman–Crippen LogP) is 4.11. The van der Waals surface area contributed by atoms with E-state index >= 15 is 0 Å². The van der Waals surface area contributed by atoms with Crippen LogP contribution in [0.25, 0.3) is 5.57 Å². The number of ether oxygens (including phenoxy) is 2. The molecule has 0 spiro atoms. The van der Waals surface area contributed by atoms with Crippen molar-refractivity contribution in [1.82, 2.24) is 9.80 Å². The van der Waals surface area contributed by atoms with Crippen LogP contribution in [0.1, 0.15) is 37.8 Å². The molecule has 2 aliphatic heterocycles. The van der Waals surface area contributed by atoms with E-state index in [0.717, 1.165) is 42.8 Å². The van der Waals surface area contributed by atoms with Crippen LogP contribution < -0.4 is 9.47 Å². The normalized spacial score (nSPS) is 19.0. The minimum absolute atomic E-state index is 0.176. The molecular weight excluding hydrogens is 404 g/mol. The van der Waals surface area contributed by atoms with Gasteiger partial charge in [-0.3, -0.25) is 14.5 Å². The Bertz CT molecular complexity index is 1030. The molecule has 2 aromatic rings. The average molecular weight is 435 g/mol. The zero-order valence-corrected chi connectivity index (χ0v) is 19.0. The van der Waals surface area contributed by atoms with Gasteiger partial charge in [0, 0.05) is 18.7 Å². The number of amides is 2. The van der Waals surface area contributed by atoms with E-state index in [2.05, 4.69) is 11.8 Å². The first kappa shape index (κ1) is 21.9. The molecule has 32 heavy (non-hydrogen) atoms. The van der Waals surface area contributed by atoms with E-state index in [1.807, 2.05) is 55.5 Å². The molecular formula is C26H30N2O4. The monoisotopic (exact) mass is 434 g/mol. The molecule has 2 amide bonds. The second kappa shape index (κ2) is 9.47. The van der Waals surface area contributed by atoms with Gasteiger partial charge >= 0.3 is 0 Å². The summed E-state index contributed by atoms with van der Waals surface area (Å²) in [7, 11) is 1.59. The van der Waals surface area contributed by atoms with Crippen molar-refractivity contribution < 1.29 is 19.1 Å². The molecule has 1 saturated heterocycles. The third kappa shape index (κ3) is 4.22. The van der Waals surface area contributed by atoms with Gasteiger partial charge in [0.15, 0.2) is 0 Å². The first-order valence-corrected chi connectivity index (χ1v) is 11.2. The van der Waals surface area contributed by atoms with E-state index in [1.54, 1.807) is 7.11 Å². The molecule has 0 aliphatic carbocycles. The lowest BCUT2D eigenvalue weighted by Gasteiger charge is -2.33. The maximum absolute atomic E-state index is 13.6.